The van der Waals surface area contributed by atoms with Crippen LogP contribution in [0.5, 0.6) is 0 Å². The van der Waals surface area contributed by atoms with E-state index < -0.39 is 18.1 Å². The van der Waals surface area contributed by atoms with E-state index in [-0.39, 0.29) is 11.7 Å². The summed E-state index contributed by atoms with van der Waals surface area (Å²) in [5.74, 6) is -0.526. The number of nitrogens with zero attached hydrogens (tertiary/aromatic N) is 4. The van der Waals surface area contributed by atoms with Crippen molar-refractivity contribution in [1.82, 2.24) is 14.8 Å². The van der Waals surface area contributed by atoms with Crippen LogP contribution in [0, 0.1) is 5.92 Å². The first-order valence-corrected chi connectivity index (χ1v) is 6.14. The molecule has 0 saturated heterocycles. The number of aromatic nitrogens is 3. The first kappa shape index (κ1) is 12.8. The molecule has 8 heteroatoms. The third-order valence-corrected chi connectivity index (χ3v) is 3.11. The number of rotatable bonds is 2. The number of fused-ring (bicyclic) bond motifs is 1. The highest BCUT2D eigenvalue weighted by Crippen LogP contribution is 2.25. The summed E-state index contributed by atoms with van der Waals surface area (Å²) in [6.07, 6.45) is -1.37. The van der Waals surface area contributed by atoms with Gasteiger partial charge in [-0.3, -0.25) is 9.69 Å². The van der Waals surface area contributed by atoms with E-state index in [2.05, 4.69) is 10.1 Å². The number of anilines is 1. The molecule has 1 aliphatic rings. The van der Waals surface area contributed by atoms with E-state index >= 15 is 0 Å². The highest BCUT2D eigenvalue weighted by atomic mass is 19.3. The Morgan fingerprint density at radius 3 is 2.95 bits per heavy atom. The number of carbonyl (C=O) groups excluding carboxylic acids is 1. The minimum atomic E-state index is -2.74. The first-order valence-electron chi connectivity index (χ1n) is 6.14. The molecule has 0 saturated carbocycles. The van der Waals surface area contributed by atoms with E-state index in [1.54, 1.807) is 4.68 Å². The highest BCUT2D eigenvalue weighted by molar-refractivity contribution is 6.03. The molecule has 1 amide bonds. The van der Waals surface area contributed by atoms with Crippen molar-refractivity contribution in [3.8, 4) is 0 Å². The lowest BCUT2D eigenvalue weighted by molar-refractivity contribution is 0.0918. The van der Waals surface area contributed by atoms with Crippen LogP contribution in [0.2, 0.25) is 0 Å². The van der Waals surface area contributed by atoms with E-state index in [1.165, 1.54) is 17.3 Å². The van der Waals surface area contributed by atoms with Gasteiger partial charge < -0.3 is 4.42 Å². The van der Waals surface area contributed by atoms with Crippen molar-refractivity contribution >= 4 is 11.9 Å². The van der Waals surface area contributed by atoms with Gasteiger partial charge in [0.15, 0.2) is 11.5 Å². The molecule has 1 aliphatic heterocycles. The third-order valence-electron chi connectivity index (χ3n) is 3.11. The lowest BCUT2D eigenvalue weighted by Crippen LogP contribution is -2.41. The summed E-state index contributed by atoms with van der Waals surface area (Å²) in [4.78, 5) is 17.8. The van der Waals surface area contributed by atoms with Crippen LogP contribution >= 0.6 is 0 Å². The fourth-order valence-electron chi connectivity index (χ4n) is 2.23. The normalized spacial score (nSPS) is 18.4. The molecule has 1 atom stereocenters. The van der Waals surface area contributed by atoms with Crippen molar-refractivity contribution in [2.24, 2.45) is 5.92 Å². The van der Waals surface area contributed by atoms with Gasteiger partial charge in [-0.1, -0.05) is 6.92 Å². The molecule has 20 heavy (non-hydrogen) atoms. The van der Waals surface area contributed by atoms with Crippen LogP contribution < -0.4 is 4.90 Å². The Bertz CT molecular complexity index is 637. The lowest BCUT2D eigenvalue weighted by Gasteiger charge is -2.29. The average molecular weight is 282 g/mol. The molecule has 6 nitrogen and oxygen atoms in total. The molecule has 0 aromatic carbocycles. The zero-order chi connectivity index (χ0) is 14.3. The Hall–Kier alpha value is -2.25. The Morgan fingerprint density at radius 2 is 2.25 bits per heavy atom. The molecule has 0 radical (unpaired) electrons. The number of furan rings is 1. The minimum absolute atomic E-state index is 0.121. The summed E-state index contributed by atoms with van der Waals surface area (Å²) < 4.78 is 31.5. The predicted molar refractivity (Wildman–Crippen MR) is 64.5 cm³/mol. The second-order valence-corrected chi connectivity index (χ2v) is 4.77. The molecule has 0 spiro atoms. The van der Waals surface area contributed by atoms with Crippen LogP contribution in [-0.2, 0) is 6.54 Å². The fourth-order valence-corrected chi connectivity index (χ4v) is 2.23. The minimum Gasteiger partial charge on any atom is -0.450 e. The molecular formula is C12H12F2N4O2. The maximum absolute atomic E-state index is 12.5. The summed E-state index contributed by atoms with van der Waals surface area (Å²) in [6.45, 7) is 3.08. The van der Waals surface area contributed by atoms with Crippen LogP contribution in [0.3, 0.4) is 0 Å². The molecule has 0 aliphatic carbocycles. The number of halogens is 2. The van der Waals surface area contributed by atoms with Gasteiger partial charge in [0, 0.05) is 13.1 Å². The van der Waals surface area contributed by atoms with Gasteiger partial charge in [0.1, 0.15) is 6.33 Å². The van der Waals surface area contributed by atoms with E-state index in [0.717, 1.165) is 6.07 Å². The first-order chi connectivity index (χ1) is 9.56. The Morgan fingerprint density at radius 1 is 1.45 bits per heavy atom. The molecule has 2 aromatic rings. The van der Waals surface area contributed by atoms with Gasteiger partial charge in [-0.25, -0.2) is 13.5 Å². The van der Waals surface area contributed by atoms with Gasteiger partial charge in [-0.05, 0) is 18.1 Å². The molecule has 1 unspecified atom stereocenters. The zero-order valence-electron chi connectivity index (χ0n) is 10.7. The molecule has 2 aromatic heterocycles. The maximum Gasteiger partial charge on any atom is 0.296 e. The van der Waals surface area contributed by atoms with E-state index in [9.17, 15) is 13.6 Å². The average Bonchev–Trinajstić information content (AvgIpc) is 3.05. The van der Waals surface area contributed by atoms with Crippen LogP contribution in [0.4, 0.5) is 14.7 Å². The summed E-state index contributed by atoms with van der Waals surface area (Å²) in [6, 6.07) is 2.36. The Kier molecular flexibility index (Phi) is 3.00. The topological polar surface area (TPSA) is 64.2 Å². The van der Waals surface area contributed by atoms with E-state index in [4.69, 9.17) is 4.42 Å². The third kappa shape index (κ3) is 2.06. The molecule has 0 fully saturated rings. The van der Waals surface area contributed by atoms with Gasteiger partial charge in [0.25, 0.3) is 12.3 Å². The van der Waals surface area contributed by atoms with Crippen LogP contribution in [0.25, 0.3) is 0 Å². The summed E-state index contributed by atoms with van der Waals surface area (Å²) in [5, 5.41) is 4.03. The van der Waals surface area contributed by atoms with E-state index in [0.29, 0.717) is 19.0 Å². The number of carbonyl (C=O) groups is 1. The zero-order valence-corrected chi connectivity index (χ0v) is 10.7. The van der Waals surface area contributed by atoms with Crippen LogP contribution in [0.15, 0.2) is 22.9 Å². The summed E-state index contributed by atoms with van der Waals surface area (Å²) in [5.41, 5.74) is 0. The van der Waals surface area contributed by atoms with Gasteiger partial charge >= 0.3 is 0 Å². The summed E-state index contributed by atoms with van der Waals surface area (Å²) >= 11 is 0. The molecule has 106 valence electrons. The van der Waals surface area contributed by atoms with Gasteiger partial charge in [0.05, 0.1) is 0 Å². The fraction of sp³-hybridized carbons (Fsp3) is 0.417. The number of amides is 1. The SMILES string of the molecule is CC1CN(C(=O)c2ccc(C(F)F)o2)c2ncnn2C1. The molecule has 0 bridgehead atoms. The van der Waals surface area contributed by atoms with E-state index in [1.807, 2.05) is 6.92 Å². The van der Waals surface area contributed by atoms with Crippen molar-refractivity contribution < 1.29 is 18.0 Å². The van der Waals surface area contributed by atoms with Crippen molar-refractivity contribution in [3.05, 3.63) is 30.0 Å². The van der Waals surface area contributed by atoms with Crippen LogP contribution in [0.1, 0.15) is 29.7 Å². The van der Waals surface area contributed by atoms with Crippen molar-refractivity contribution in [3.63, 3.8) is 0 Å². The predicted octanol–water partition coefficient (Wildman–Crippen LogP) is 2.11. The quantitative estimate of drug-likeness (QED) is 0.846. The second-order valence-electron chi connectivity index (χ2n) is 4.77. The number of alkyl halides is 2. The van der Waals surface area contributed by atoms with Crippen molar-refractivity contribution in [2.45, 2.75) is 19.9 Å². The maximum atomic E-state index is 12.5. The van der Waals surface area contributed by atoms with Gasteiger partial charge in [-0.2, -0.15) is 10.1 Å². The Labute approximate surface area is 113 Å². The number of hydrogen-bond donors (Lipinski definition) is 0. The van der Waals surface area contributed by atoms with Crippen molar-refractivity contribution in [1.29, 1.82) is 0 Å². The Balaban J connectivity index is 1.91. The highest BCUT2D eigenvalue weighted by Gasteiger charge is 2.31. The van der Waals surface area contributed by atoms with Gasteiger partial charge in [-0.15, -0.1) is 0 Å². The standard InChI is InChI=1S/C12H12F2N4O2/c1-7-4-17(12-15-6-16-18(12)5-7)11(19)9-3-2-8(20-9)10(13)14/h2-3,6-7,10H,4-5H2,1H3. The second kappa shape index (κ2) is 4.69. The monoisotopic (exact) mass is 282 g/mol. The van der Waals surface area contributed by atoms with Crippen LogP contribution in [-0.4, -0.2) is 27.2 Å². The number of hydrogen-bond acceptors (Lipinski definition) is 4. The lowest BCUT2D eigenvalue weighted by atomic mass is 10.1. The summed E-state index contributed by atoms with van der Waals surface area (Å²) in [7, 11) is 0. The largest absolute Gasteiger partial charge is 0.450 e. The van der Waals surface area contributed by atoms with Crippen molar-refractivity contribution in [2.75, 3.05) is 11.4 Å². The smallest absolute Gasteiger partial charge is 0.296 e. The molecule has 3 heterocycles. The molecular weight excluding hydrogens is 270 g/mol. The van der Waals surface area contributed by atoms with Gasteiger partial charge in [0.2, 0.25) is 5.95 Å². The molecule has 3 rings (SSSR count). The molecule has 0 N–H and O–H groups in total.